The van der Waals surface area contributed by atoms with E-state index < -0.39 is 0 Å². The topological polar surface area (TPSA) is 52.1 Å². The molecule has 0 aromatic heterocycles. The van der Waals surface area contributed by atoms with Crippen molar-refractivity contribution in [3.05, 3.63) is 29.3 Å². The SMILES string of the molecule is CCOc1cc(C)ccc1CNC(=NC)NCC(C)N1CCN(C)CC1.I. The lowest BCUT2D eigenvalue weighted by molar-refractivity contribution is 0.120. The van der Waals surface area contributed by atoms with Crippen LogP contribution in [-0.2, 0) is 6.54 Å². The zero-order valence-corrected chi connectivity index (χ0v) is 19.7. The molecule has 1 fully saturated rings. The third-order valence-electron chi connectivity index (χ3n) is 4.92. The van der Waals surface area contributed by atoms with Crippen LogP contribution >= 0.6 is 24.0 Å². The molecule has 1 unspecified atom stereocenters. The van der Waals surface area contributed by atoms with Crippen LogP contribution in [0.5, 0.6) is 5.75 Å². The molecule has 154 valence electrons. The fourth-order valence-corrected chi connectivity index (χ4v) is 3.13. The second-order valence-corrected chi connectivity index (χ2v) is 7.04. The van der Waals surface area contributed by atoms with E-state index in [-0.39, 0.29) is 24.0 Å². The predicted octanol–water partition coefficient (Wildman–Crippen LogP) is 2.31. The van der Waals surface area contributed by atoms with Crippen molar-refractivity contribution in [2.24, 2.45) is 4.99 Å². The number of guanidine groups is 1. The molecule has 1 aromatic carbocycles. The Kier molecular flexibility index (Phi) is 11.0. The van der Waals surface area contributed by atoms with Crippen molar-refractivity contribution in [1.29, 1.82) is 0 Å². The molecule has 1 heterocycles. The normalized spacial score (nSPS) is 17.1. The van der Waals surface area contributed by atoms with Crippen molar-refractivity contribution < 1.29 is 4.74 Å². The first kappa shape index (κ1) is 24.0. The largest absolute Gasteiger partial charge is 0.494 e. The second-order valence-electron chi connectivity index (χ2n) is 7.04. The lowest BCUT2D eigenvalue weighted by atomic mass is 10.1. The highest BCUT2D eigenvalue weighted by Gasteiger charge is 2.19. The van der Waals surface area contributed by atoms with E-state index in [1.807, 2.05) is 14.0 Å². The first-order valence-electron chi connectivity index (χ1n) is 9.63. The molecule has 1 aliphatic heterocycles. The van der Waals surface area contributed by atoms with Gasteiger partial charge in [0.15, 0.2) is 5.96 Å². The number of piperazine rings is 1. The molecule has 1 saturated heterocycles. The summed E-state index contributed by atoms with van der Waals surface area (Å²) in [6, 6.07) is 6.81. The fraction of sp³-hybridized carbons (Fsp3) is 0.650. The van der Waals surface area contributed by atoms with Gasteiger partial charge in [0.25, 0.3) is 0 Å². The fourth-order valence-electron chi connectivity index (χ4n) is 3.13. The van der Waals surface area contributed by atoms with E-state index in [9.17, 15) is 0 Å². The molecule has 0 saturated carbocycles. The molecular weight excluding hydrogens is 453 g/mol. The maximum Gasteiger partial charge on any atom is 0.191 e. The van der Waals surface area contributed by atoms with Crippen LogP contribution in [0.3, 0.4) is 0 Å². The Labute approximate surface area is 181 Å². The maximum atomic E-state index is 5.76. The van der Waals surface area contributed by atoms with Crippen LogP contribution in [0.1, 0.15) is 25.0 Å². The Morgan fingerprint density at radius 3 is 2.56 bits per heavy atom. The van der Waals surface area contributed by atoms with Crippen molar-refractivity contribution in [3.8, 4) is 5.75 Å². The lowest BCUT2D eigenvalue weighted by Crippen LogP contribution is -2.52. The maximum absolute atomic E-state index is 5.76. The Morgan fingerprint density at radius 1 is 1.22 bits per heavy atom. The van der Waals surface area contributed by atoms with Crippen molar-refractivity contribution in [2.75, 3.05) is 53.4 Å². The van der Waals surface area contributed by atoms with Crippen LogP contribution in [-0.4, -0.2) is 75.2 Å². The Balaban J connectivity index is 0.00000364. The molecular formula is C20H36IN5O. The minimum Gasteiger partial charge on any atom is -0.494 e. The van der Waals surface area contributed by atoms with Crippen LogP contribution in [0.4, 0.5) is 0 Å². The third kappa shape index (κ3) is 7.83. The van der Waals surface area contributed by atoms with E-state index in [0.717, 1.165) is 50.0 Å². The molecule has 0 bridgehead atoms. The number of nitrogens with zero attached hydrogens (tertiary/aromatic N) is 3. The van der Waals surface area contributed by atoms with Gasteiger partial charge in [-0.3, -0.25) is 9.89 Å². The summed E-state index contributed by atoms with van der Waals surface area (Å²) in [4.78, 5) is 9.27. The van der Waals surface area contributed by atoms with Crippen molar-refractivity contribution in [2.45, 2.75) is 33.4 Å². The number of likely N-dealkylation sites (N-methyl/N-ethyl adjacent to an activating group) is 1. The van der Waals surface area contributed by atoms with E-state index in [1.54, 1.807) is 0 Å². The highest BCUT2D eigenvalue weighted by molar-refractivity contribution is 14.0. The van der Waals surface area contributed by atoms with Gasteiger partial charge < -0.3 is 20.3 Å². The van der Waals surface area contributed by atoms with Gasteiger partial charge in [-0.25, -0.2) is 0 Å². The average Bonchev–Trinajstić information content (AvgIpc) is 2.64. The van der Waals surface area contributed by atoms with E-state index in [1.165, 1.54) is 5.56 Å². The predicted molar refractivity (Wildman–Crippen MR) is 124 cm³/mol. The van der Waals surface area contributed by atoms with Gasteiger partial charge in [0.1, 0.15) is 5.75 Å². The number of nitrogens with one attached hydrogen (secondary N) is 2. The number of aryl methyl sites for hydroxylation is 1. The molecule has 2 rings (SSSR count). The quantitative estimate of drug-likeness (QED) is 0.350. The number of halogens is 1. The van der Waals surface area contributed by atoms with Crippen LogP contribution in [0.15, 0.2) is 23.2 Å². The molecule has 27 heavy (non-hydrogen) atoms. The number of hydrogen-bond acceptors (Lipinski definition) is 4. The van der Waals surface area contributed by atoms with Crippen molar-refractivity contribution >= 4 is 29.9 Å². The molecule has 0 aliphatic carbocycles. The molecule has 0 amide bonds. The summed E-state index contributed by atoms with van der Waals surface area (Å²) in [7, 11) is 4.00. The summed E-state index contributed by atoms with van der Waals surface area (Å²) in [6.45, 7) is 13.2. The van der Waals surface area contributed by atoms with E-state index >= 15 is 0 Å². The summed E-state index contributed by atoms with van der Waals surface area (Å²) in [5.74, 6) is 1.77. The van der Waals surface area contributed by atoms with Gasteiger partial charge in [0.2, 0.25) is 0 Å². The number of aliphatic imine (C=N–C) groups is 1. The molecule has 2 N–H and O–H groups in total. The lowest BCUT2D eigenvalue weighted by Gasteiger charge is -2.36. The molecule has 0 spiro atoms. The molecule has 6 nitrogen and oxygen atoms in total. The summed E-state index contributed by atoms with van der Waals surface area (Å²) in [5, 5.41) is 6.86. The molecule has 0 radical (unpaired) electrons. The zero-order chi connectivity index (χ0) is 18.9. The van der Waals surface area contributed by atoms with Gasteiger partial charge in [-0.1, -0.05) is 12.1 Å². The van der Waals surface area contributed by atoms with Crippen LogP contribution in [0.25, 0.3) is 0 Å². The van der Waals surface area contributed by atoms with Gasteiger partial charge in [-0.2, -0.15) is 0 Å². The van der Waals surface area contributed by atoms with E-state index in [2.05, 4.69) is 64.5 Å². The second kappa shape index (κ2) is 12.4. The van der Waals surface area contributed by atoms with Crippen LogP contribution < -0.4 is 15.4 Å². The first-order chi connectivity index (χ1) is 12.5. The van der Waals surface area contributed by atoms with Gasteiger partial charge in [-0.05, 0) is 39.4 Å². The van der Waals surface area contributed by atoms with Crippen LogP contribution in [0, 0.1) is 6.92 Å². The molecule has 1 aliphatic rings. The van der Waals surface area contributed by atoms with Crippen LogP contribution in [0.2, 0.25) is 0 Å². The summed E-state index contributed by atoms with van der Waals surface area (Å²) in [5.41, 5.74) is 2.35. The Morgan fingerprint density at radius 2 is 1.93 bits per heavy atom. The Hall–Kier alpha value is -1.06. The highest BCUT2D eigenvalue weighted by atomic mass is 127. The van der Waals surface area contributed by atoms with E-state index in [4.69, 9.17) is 4.74 Å². The van der Waals surface area contributed by atoms with Crippen molar-refractivity contribution in [3.63, 3.8) is 0 Å². The molecule has 1 atom stereocenters. The Bertz CT molecular complexity index is 588. The summed E-state index contributed by atoms with van der Waals surface area (Å²) >= 11 is 0. The number of benzene rings is 1. The summed E-state index contributed by atoms with van der Waals surface area (Å²) in [6.07, 6.45) is 0. The summed E-state index contributed by atoms with van der Waals surface area (Å²) < 4.78 is 5.76. The molecule has 7 heteroatoms. The van der Waals surface area contributed by atoms with Gasteiger partial charge >= 0.3 is 0 Å². The standard InChI is InChI=1S/C20H35N5O.HI/c1-6-26-19-13-16(2)7-8-18(19)15-23-20(21-4)22-14-17(3)25-11-9-24(5)10-12-25;/h7-8,13,17H,6,9-12,14-15H2,1-5H3,(H2,21,22,23);1H. The van der Waals surface area contributed by atoms with Gasteiger partial charge in [-0.15, -0.1) is 24.0 Å². The zero-order valence-electron chi connectivity index (χ0n) is 17.4. The molecule has 1 aromatic rings. The number of hydrogen-bond donors (Lipinski definition) is 2. The smallest absolute Gasteiger partial charge is 0.191 e. The third-order valence-corrected chi connectivity index (χ3v) is 4.92. The highest BCUT2D eigenvalue weighted by Crippen LogP contribution is 2.20. The monoisotopic (exact) mass is 489 g/mol. The average molecular weight is 489 g/mol. The van der Waals surface area contributed by atoms with Gasteiger partial charge in [0, 0.05) is 57.9 Å². The first-order valence-corrected chi connectivity index (χ1v) is 9.63. The number of ether oxygens (including phenoxy) is 1. The minimum absolute atomic E-state index is 0. The van der Waals surface area contributed by atoms with Gasteiger partial charge in [0.05, 0.1) is 6.61 Å². The number of rotatable bonds is 7. The van der Waals surface area contributed by atoms with E-state index in [0.29, 0.717) is 19.2 Å². The minimum atomic E-state index is 0. The van der Waals surface area contributed by atoms with Crippen molar-refractivity contribution in [1.82, 2.24) is 20.4 Å².